The summed E-state index contributed by atoms with van der Waals surface area (Å²) < 4.78 is 5.04. The number of nitrogens with two attached hydrogens (primary N) is 2. The van der Waals surface area contributed by atoms with Crippen LogP contribution in [0.5, 0.6) is 0 Å². The van der Waals surface area contributed by atoms with Gasteiger partial charge in [0.15, 0.2) is 0 Å². The maximum Gasteiger partial charge on any atom is 0.407 e. The van der Waals surface area contributed by atoms with Crippen molar-refractivity contribution < 1.29 is 19.7 Å². The zero-order chi connectivity index (χ0) is 18.4. The molecular weight excluding hydrogens is 322 g/mol. The summed E-state index contributed by atoms with van der Waals surface area (Å²) in [5.74, 6) is 0. The molecule has 0 aromatic heterocycles. The van der Waals surface area contributed by atoms with Crippen LogP contribution in [0.2, 0.25) is 0 Å². The molecule has 7 nitrogen and oxygen atoms in total. The molecule has 0 aliphatic rings. The van der Waals surface area contributed by atoms with Crippen molar-refractivity contribution in [2.24, 2.45) is 0 Å². The Morgan fingerprint density at radius 2 is 1.80 bits per heavy atom. The predicted molar refractivity (Wildman–Crippen MR) is 95.6 cm³/mol. The fourth-order valence-electron chi connectivity index (χ4n) is 2.36. The van der Waals surface area contributed by atoms with Gasteiger partial charge in [-0.15, -0.1) is 0 Å². The second-order valence-corrected chi connectivity index (χ2v) is 5.79. The number of anilines is 2. The Morgan fingerprint density at radius 3 is 2.48 bits per heavy atom. The van der Waals surface area contributed by atoms with Crippen LogP contribution in [0.4, 0.5) is 16.2 Å². The number of hydrogen-bond acceptors (Lipinski definition) is 6. The largest absolute Gasteiger partial charge is 0.445 e. The Balaban J connectivity index is 1.86. The zero-order valence-corrected chi connectivity index (χ0v) is 14.0. The monoisotopic (exact) mass is 345 g/mol. The molecule has 0 spiro atoms. The molecule has 0 heterocycles. The summed E-state index contributed by atoms with van der Waals surface area (Å²) >= 11 is 0. The fourth-order valence-corrected chi connectivity index (χ4v) is 2.36. The third-order valence-electron chi connectivity index (χ3n) is 3.82. The van der Waals surface area contributed by atoms with Crippen LogP contribution >= 0.6 is 0 Å². The first-order valence-corrected chi connectivity index (χ1v) is 7.84. The van der Waals surface area contributed by atoms with Gasteiger partial charge in [-0.3, -0.25) is 0 Å². The molecule has 0 bridgehead atoms. The Hall–Kier alpha value is -2.77. The molecule has 7 N–H and O–H groups in total. The van der Waals surface area contributed by atoms with Crippen molar-refractivity contribution in [1.29, 1.82) is 0 Å². The van der Waals surface area contributed by atoms with Gasteiger partial charge in [0.25, 0.3) is 0 Å². The first-order valence-electron chi connectivity index (χ1n) is 7.84. The highest BCUT2D eigenvalue weighted by molar-refractivity contribution is 5.67. The average molecular weight is 345 g/mol. The maximum atomic E-state index is 11.7. The predicted octanol–water partition coefficient (Wildman–Crippen LogP) is 1.48. The summed E-state index contributed by atoms with van der Waals surface area (Å²) in [5, 5.41) is 22.8. The van der Waals surface area contributed by atoms with Gasteiger partial charge in [-0.1, -0.05) is 30.3 Å². The Labute approximate surface area is 146 Å². The number of carbonyl (C=O) groups excluding carboxylic acids is 1. The molecule has 0 saturated carbocycles. The molecule has 0 aliphatic carbocycles. The lowest BCUT2D eigenvalue weighted by Crippen LogP contribution is -2.36. The molecule has 0 radical (unpaired) electrons. The van der Waals surface area contributed by atoms with Crippen molar-refractivity contribution >= 4 is 17.5 Å². The van der Waals surface area contributed by atoms with E-state index >= 15 is 0 Å². The molecule has 2 aromatic carbocycles. The van der Waals surface area contributed by atoms with Crippen LogP contribution in [-0.4, -0.2) is 29.0 Å². The molecule has 134 valence electrons. The van der Waals surface area contributed by atoms with Crippen LogP contribution in [-0.2, 0) is 11.3 Å². The highest BCUT2D eigenvalue weighted by atomic mass is 16.5. The standard InChI is InChI=1S/C18H23N3O4/c1-11-7-14(19)15(20)8-13(11)17(23)16(22)9-21-18(24)25-10-12-5-3-2-4-6-12/h2-8,16-17,22-23H,9-10,19-20H2,1H3,(H,21,24). The van der Waals surface area contributed by atoms with Gasteiger partial charge in [0, 0.05) is 6.54 Å². The number of aliphatic hydroxyl groups excluding tert-OH is 2. The van der Waals surface area contributed by atoms with E-state index in [2.05, 4.69) is 5.32 Å². The number of aryl methyl sites for hydroxylation is 1. The van der Waals surface area contributed by atoms with Crippen LogP contribution in [0, 0.1) is 6.92 Å². The van der Waals surface area contributed by atoms with Crippen LogP contribution in [0.1, 0.15) is 22.8 Å². The minimum absolute atomic E-state index is 0.124. The van der Waals surface area contributed by atoms with E-state index in [1.54, 1.807) is 13.0 Å². The Kier molecular flexibility index (Phi) is 6.21. The van der Waals surface area contributed by atoms with E-state index in [4.69, 9.17) is 16.2 Å². The summed E-state index contributed by atoms with van der Waals surface area (Å²) in [6.45, 7) is 1.71. The molecule has 0 saturated heterocycles. The molecule has 7 heteroatoms. The minimum Gasteiger partial charge on any atom is -0.445 e. The number of amides is 1. The van der Waals surface area contributed by atoms with Gasteiger partial charge in [0.2, 0.25) is 0 Å². The van der Waals surface area contributed by atoms with Gasteiger partial charge in [-0.05, 0) is 35.7 Å². The first-order chi connectivity index (χ1) is 11.9. The van der Waals surface area contributed by atoms with Crippen molar-refractivity contribution in [3.8, 4) is 0 Å². The SMILES string of the molecule is Cc1cc(N)c(N)cc1C(O)C(O)CNC(=O)OCc1ccccc1. The van der Waals surface area contributed by atoms with Crippen LogP contribution in [0.15, 0.2) is 42.5 Å². The molecule has 0 fully saturated rings. The second-order valence-electron chi connectivity index (χ2n) is 5.79. The van der Waals surface area contributed by atoms with Crippen molar-refractivity contribution in [3.05, 3.63) is 59.2 Å². The van der Waals surface area contributed by atoms with E-state index in [0.717, 1.165) is 5.56 Å². The third kappa shape index (κ3) is 5.10. The summed E-state index contributed by atoms with van der Waals surface area (Å²) in [6.07, 6.45) is -3.10. The first kappa shape index (κ1) is 18.6. The number of carbonyl (C=O) groups is 1. The summed E-state index contributed by atoms with van der Waals surface area (Å²) in [7, 11) is 0. The smallest absolute Gasteiger partial charge is 0.407 e. The Morgan fingerprint density at radius 1 is 1.16 bits per heavy atom. The molecule has 2 rings (SSSR count). The average Bonchev–Trinajstić information content (AvgIpc) is 2.61. The van der Waals surface area contributed by atoms with Gasteiger partial charge in [0.1, 0.15) is 18.8 Å². The summed E-state index contributed by atoms with van der Waals surface area (Å²) in [4.78, 5) is 11.7. The molecule has 2 unspecified atom stereocenters. The fraction of sp³-hybridized carbons (Fsp3) is 0.278. The number of ether oxygens (including phenoxy) is 1. The maximum absolute atomic E-state index is 11.7. The van der Waals surface area contributed by atoms with E-state index in [-0.39, 0.29) is 13.2 Å². The normalized spacial score (nSPS) is 13.1. The minimum atomic E-state index is -1.22. The molecule has 25 heavy (non-hydrogen) atoms. The van der Waals surface area contributed by atoms with Crippen LogP contribution in [0.25, 0.3) is 0 Å². The quantitative estimate of drug-likeness (QED) is 0.504. The van der Waals surface area contributed by atoms with Crippen molar-refractivity contribution in [1.82, 2.24) is 5.32 Å². The van der Waals surface area contributed by atoms with E-state index in [1.807, 2.05) is 30.3 Å². The number of nitrogen functional groups attached to an aromatic ring is 2. The highest BCUT2D eigenvalue weighted by Gasteiger charge is 2.21. The van der Waals surface area contributed by atoms with Gasteiger partial charge in [-0.25, -0.2) is 4.79 Å². The van der Waals surface area contributed by atoms with E-state index in [1.165, 1.54) is 6.07 Å². The summed E-state index contributed by atoms with van der Waals surface area (Å²) in [5.41, 5.74) is 14.2. The van der Waals surface area contributed by atoms with Crippen LogP contribution in [0.3, 0.4) is 0 Å². The van der Waals surface area contributed by atoms with Crippen molar-refractivity contribution in [2.45, 2.75) is 25.7 Å². The number of benzene rings is 2. The lowest BCUT2D eigenvalue weighted by atomic mass is 9.98. The third-order valence-corrected chi connectivity index (χ3v) is 3.82. The number of nitrogens with one attached hydrogen (secondary N) is 1. The number of alkyl carbamates (subject to hydrolysis) is 1. The topological polar surface area (TPSA) is 131 Å². The summed E-state index contributed by atoms with van der Waals surface area (Å²) in [6, 6.07) is 12.4. The van der Waals surface area contributed by atoms with Gasteiger partial charge in [-0.2, -0.15) is 0 Å². The van der Waals surface area contributed by atoms with Gasteiger partial charge < -0.3 is 31.7 Å². The Bertz CT molecular complexity index is 722. The zero-order valence-electron chi connectivity index (χ0n) is 14.0. The molecule has 2 atom stereocenters. The molecular formula is C18H23N3O4. The van der Waals surface area contributed by atoms with Gasteiger partial charge in [0.05, 0.1) is 11.4 Å². The molecule has 2 aromatic rings. The highest BCUT2D eigenvalue weighted by Crippen LogP contribution is 2.27. The van der Waals surface area contributed by atoms with E-state index < -0.39 is 18.3 Å². The molecule has 0 aliphatic heterocycles. The van der Waals surface area contributed by atoms with Crippen molar-refractivity contribution in [2.75, 3.05) is 18.0 Å². The van der Waals surface area contributed by atoms with E-state index in [9.17, 15) is 15.0 Å². The second kappa shape index (κ2) is 8.36. The number of aliphatic hydroxyl groups is 2. The van der Waals surface area contributed by atoms with Crippen LogP contribution < -0.4 is 16.8 Å². The van der Waals surface area contributed by atoms with Gasteiger partial charge >= 0.3 is 6.09 Å². The lowest BCUT2D eigenvalue weighted by Gasteiger charge is -2.21. The van der Waals surface area contributed by atoms with Crippen molar-refractivity contribution in [3.63, 3.8) is 0 Å². The number of rotatable bonds is 6. The lowest BCUT2D eigenvalue weighted by molar-refractivity contribution is 0.0181. The molecule has 1 amide bonds. The van der Waals surface area contributed by atoms with E-state index in [0.29, 0.717) is 22.5 Å². The number of hydrogen-bond donors (Lipinski definition) is 5.